The molecule has 0 unspecified atom stereocenters. The number of nitrogens with zero attached hydrogens (tertiary/aromatic N) is 1. The number of aliphatic carboxylic acids is 1. The molecule has 31 heavy (non-hydrogen) atoms. The van der Waals surface area contributed by atoms with E-state index in [0.29, 0.717) is 23.0 Å². The van der Waals surface area contributed by atoms with Gasteiger partial charge in [0.05, 0.1) is 4.88 Å². The molecule has 4 rings (SSSR count). The van der Waals surface area contributed by atoms with Crippen LogP contribution in [0, 0.1) is 0 Å². The summed E-state index contributed by atoms with van der Waals surface area (Å²) in [5.74, 6) is -3.19. The largest absolute Gasteiger partial charge is 0.480 e. The number of hydrogen-bond acceptors (Lipinski definition) is 6. The summed E-state index contributed by atoms with van der Waals surface area (Å²) in [5, 5.41) is 13.0. The minimum Gasteiger partial charge on any atom is -0.480 e. The number of carboxylic acids is 1. The maximum absolute atomic E-state index is 12.8. The molecule has 1 aliphatic rings. The highest BCUT2D eigenvalue weighted by atomic mass is 79.9. The molecule has 2 aromatic heterocycles. The molecule has 3 aromatic rings. The highest BCUT2D eigenvalue weighted by Gasteiger charge is 2.63. The topological polar surface area (TPSA) is 110 Å². The van der Waals surface area contributed by atoms with Gasteiger partial charge in [0.15, 0.2) is 0 Å². The third-order valence-electron chi connectivity index (χ3n) is 4.80. The van der Waals surface area contributed by atoms with E-state index in [9.17, 15) is 31.5 Å². The fourth-order valence-electron chi connectivity index (χ4n) is 3.20. The zero-order valence-electron chi connectivity index (χ0n) is 15.2. The molecule has 2 N–H and O–H groups in total. The molecule has 1 aliphatic carbocycles. The van der Waals surface area contributed by atoms with E-state index in [2.05, 4.69) is 30.3 Å². The number of carbonyl (C=O) groups is 1. The molecule has 7 nitrogen and oxygen atoms in total. The van der Waals surface area contributed by atoms with Crippen molar-refractivity contribution in [2.24, 2.45) is 0 Å². The monoisotopic (exact) mass is 536 g/mol. The van der Waals surface area contributed by atoms with E-state index in [1.54, 1.807) is 24.3 Å². The molecular weight excluding hydrogens is 525 g/mol. The van der Waals surface area contributed by atoms with Crippen LogP contribution < -0.4 is 4.72 Å². The summed E-state index contributed by atoms with van der Waals surface area (Å²) >= 11 is 3.96. The molecule has 1 aromatic carbocycles. The molecule has 1 saturated carbocycles. The van der Waals surface area contributed by atoms with E-state index in [4.69, 9.17) is 0 Å². The number of hydrogen-bond donors (Lipinski definition) is 2. The van der Waals surface area contributed by atoms with Gasteiger partial charge < -0.3 is 9.63 Å². The fraction of sp³-hybridized carbons (Fsp3) is 0.222. The Balaban J connectivity index is 1.59. The molecule has 0 saturated heterocycles. The quantitative estimate of drug-likeness (QED) is 0.480. The van der Waals surface area contributed by atoms with Crippen molar-refractivity contribution in [3.05, 3.63) is 58.3 Å². The Bertz CT molecular complexity index is 1270. The number of aromatic nitrogens is 1. The van der Waals surface area contributed by atoms with Crippen LogP contribution in [0.5, 0.6) is 0 Å². The van der Waals surface area contributed by atoms with Gasteiger partial charge in [0, 0.05) is 16.5 Å². The number of alkyl halides is 3. The lowest BCUT2D eigenvalue weighted by atomic mass is 10.1. The van der Waals surface area contributed by atoms with Crippen LogP contribution in [0.2, 0.25) is 0 Å². The Morgan fingerprint density at radius 1 is 1.29 bits per heavy atom. The Morgan fingerprint density at radius 3 is 2.65 bits per heavy atom. The minimum atomic E-state index is -4.72. The van der Waals surface area contributed by atoms with Gasteiger partial charge in [-0.15, -0.1) is 11.3 Å². The van der Waals surface area contributed by atoms with Gasteiger partial charge in [-0.3, -0.25) is 4.79 Å². The second kappa shape index (κ2) is 7.43. The number of halogens is 4. The molecule has 0 radical (unpaired) electrons. The maximum Gasteiger partial charge on any atom is 0.452 e. The van der Waals surface area contributed by atoms with Crippen LogP contribution in [0.15, 0.2) is 55.7 Å². The van der Waals surface area contributed by atoms with Crippen LogP contribution in [0.3, 0.4) is 0 Å². The van der Waals surface area contributed by atoms with E-state index >= 15 is 0 Å². The van der Waals surface area contributed by atoms with Crippen molar-refractivity contribution in [1.82, 2.24) is 9.88 Å². The van der Waals surface area contributed by atoms with Crippen molar-refractivity contribution in [1.29, 1.82) is 0 Å². The lowest BCUT2D eigenvalue weighted by molar-refractivity contribution is -0.155. The summed E-state index contributed by atoms with van der Waals surface area (Å²) in [6.07, 6.45) is -4.66. The standard InChI is InChI=1S/C18H12BrF3N2O5S2/c19-10-3-1-2-9(6-10)11-8-17(11,16(25)26)24-31(27,28)15-5-4-13(30-15)12-7-14(29-23-12)18(20,21)22/h1-7,11,24H,8H2,(H,25,26)/t11-,17+/m1/s1. The Morgan fingerprint density at radius 2 is 2.03 bits per heavy atom. The van der Waals surface area contributed by atoms with Crippen molar-refractivity contribution in [3.8, 4) is 10.6 Å². The number of sulfonamides is 1. The number of carboxylic acid groups (broad SMARTS) is 1. The van der Waals surface area contributed by atoms with Crippen molar-refractivity contribution in [2.75, 3.05) is 0 Å². The van der Waals surface area contributed by atoms with Crippen LogP contribution in [-0.4, -0.2) is 30.2 Å². The van der Waals surface area contributed by atoms with Crippen LogP contribution in [0.1, 0.15) is 23.7 Å². The van der Waals surface area contributed by atoms with Gasteiger partial charge in [-0.25, -0.2) is 8.42 Å². The smallest absolute Gasteiger partial charge is 0.452 e. The predicted octanol–water partition coefficient (Wildman–Crippen LogP) is 4.47. The number of nitrogens with one attached hydrogen (secondary N) is 1. The molecular formula is C18H12BrF3N2O5S2. The summed E-state index contributed by atoms with van der Waals surface area (Å²) in [6.45, 7) is 0. The summed E-state index contributed by atoms with van der Waals surface area (Å²) < 4.78 is 70.8. The van der Waals surface area contributed by atoms with E-state index < -0.39 is 39.4 Å². The molecule has 0 amide bonds. The Labute approximate surface area is 186 Å². The SMILES string of the molecule is O=C(O)[C@]1(NS(=O)(=O)c2ccc(-c3cc(C(F)(F)F)on3)s2)C[C@@H]1c1cccc(Br)c1. The lowest BCUT2D eigenvalue weighted by Gasteiger charge is -2.14. The minimum absolute atomic E-state index is 0.0640. The van der Waals surface area contributed by atoms with Crippen molar-refractivity contribution < 1.29 is 36.0 Å². The molecule has 13 heteroatoms. The first-order chi connectivity index (χ1) is 14.4. The van der Waals surface area contributed by atoms with Gasteiger partial charge >= 0.3 is 12.1 Å². The molecule has 1 fully saturated rings. The van der Waals surface area contributed by atoms with Gasteiger partial charge in [-0.1, -0.05) is 33.2 Å². The van der Waals surface area contributed by atoms with Crippen LogP contribution in [0.25, 0.3) is 10.6 Å². The number of benzene rings is 1. The van der Waals surface area contributed by atoms with Crippen LogP contribution in [0.4, 0.5) is 13.2 Å². The summed E-state index contributed by atoms with van der Waals surface area (Å²) in [5.41, 5.74) is -1.22. The highest BCUT2D eigenvalue weighted by molar-refractivity contribution is 9.10. The predicted molar refractivity (Wildman–Crippen MR) is 107 cm³/mol. The molecule has 0 bridgehead atoms. The first-order valence-corrected chi connectivity index (χ1v) is 11.7. The van der Waals surface area contributed by atoms with E-state index in [1.807, 2.05) is 0 Å². The van der Waals surface area contributed by atoms with Gasteiger partial charge in [0.25, 0.3) is 10.0 Å². The molecule has 2 atom stereocenters. The van der Waals surface area contributed by atoms with E-state index in [-0.39, 0.29) is 21.2 Å². The van der Waals surface area contributed by atoms with Crippen molar-refractivity contribution in [2.45, 2.75) is 28.3 Å². The molecule has 164 valence electrons. The normalized spacial score (nSPS) is 21.2. The number of thiophene rings is 1. The van der Waals surface area contributed by atoms with Gasteiger partial charge in [0.1, 0.15) is 15.4 Å². The second-order valence-electron chi connectivity index (χ2n) is 6.89. The molecule has 0 aliphatic heterocycles. The summed E-state index contributed by atoms with van der Waals surface area (Å²) in [7, 11) is -4.26. The average Bonchev–Trinajstić information content (AvgIpc) is 3.04. The van der Waals surface area contributed by atoms with E-state index in [0.717, 1.165) is 4.47 Å². The number of rotatable bonds is 6. The molecule has 2 heterocycles. The van der Waals surface area contributed by atoms with Crippen molar-refractivity contribution >= 4 is 43.3 Å². The highest BCUT2D eigenvalue weighted by Crippen LogP contribution is 2.53. The second-order valence-corrected chi connectivity index (χ2v) is 10.8. The zero-order valence-corrected chi connectivity index (χ0v) is 18.4. The average molecular weight is 537 g/mol. The van der Waals surface area contributed by atoms with Crippen LogP contribution >= 0.6 is 27.3 Å². The lowest BCUT2D eigenvalue weighted by Crippen LogP contribution is -2.44. The van der Waals surface area contributed by atoms with E-state index in [1.165, 1.54) is 12.1 Å². The third kappa shape index (κ3) is 4.14. The zero-order chi connectivity index (χ0) is 22.6. The third-order valence-corrected chi connectivity index (χ3v) is 8.40. The first-order valence-electron chi connectivity index (χ1n) is 8.59. The fourth-order valence-corrected chi connectivity index (χ4v) is 6.28. The van der Waals surface area contributed by atoms with Crippen molar-refractivity contribution in [3.63, 3.8) is 0 Å². The maximum atomic E-state index is 12.8. The Hall–Kier alpha value is -2.22. The Kier molecular flexibility index (Phi) is 5.27. The van der Waals surface area contributed by atoms with Gasteiger partial charge in [-0.05, 0) is 36.2 Å². The van der Waals surface area contributed by atoms with Gasteiger partial charge in [0.2, 0.25) is 5.76 Å². The van der Waals surface area contributed by atoms with Gasteiger partial charge in [-0.2, -0.15) is 17.9 Å². The first kappa shape index (κ1) is 22.0. The summed E-state index contributed by atoms with van der Waals surface area (Å²) in [4.78, 5) is 12.0. The molecule has 0 spiro atoms. The van der Waals surface area contributed by atoms with Crippen LogP contribution in [-0.2, 0) is 21.0 Å². The summed E-state index contributed by atoms with van der Waals surface area (Å²) in [6, 6.07) is 10.0.